The number of para-hydroxylation sites is 4. The molecular formula is C19H20LiNO4S. The second-order valence-corrected chi connectivity index (χ2v) is 5.27. The van der Waals surface area contributed by atoms with Gasteiger partial charge in [0.15, 0.2) is 23.0 Å². The van der Waals surface area contributed by atoms with Crippen molar-refractivity contribution in [3.8, 4) is 28.4 Å². The molecule has 0 saturated carbocycles. The molecular weight excluding hydrogens is 345 g/mol. The number of benzene rings is 2. The van der Waals surface area contributed by atoms with Gasteiger partial charge in [-0.05, 0) is 24.3 Å². The molecule has 1 aliphatic heterocycles. The Kier molecular flexibility index (Phi) is 11.2. The first-order chi connectivity index (χ1) is 12.3. The van der Waals surface area contributed by atoms with Crippen molar-refractivity contribution < 1.29 is 37.8 Å². The van der Waals surface area contributed by atoms with Gasteiger partial charge in [0.1, 0.15) is 0 Å². The normalized spacial score (nSPS) is 13.5. The second-order valence-electron chi connectivity index (χ2n) is 5.09. The fourth-order valence-corrected chi connectivity index (χ4v) is 2.22. The maximum absolute atomic E-state index is 7.13. The maximum atomic E-state index is 7.13. The first-order valence-electron chi connectivity index (χ1n) is 8.05. The van der Waals surface area contributed by atoms with E-state index in [1.54, 1.807) is 0 Å². The predicted octanol–water partition coefficient (Wildman–Crippen LogP) is 0.714. The summed E-state index contributed by atoms with van der Waals surface area (Å²) in [4.78, 5) is 0. The van der Waals surface area contributed by atoms with Crippen molar-refractivity contribution in [1.29, 1.82) is 5.26 Å². The molecule has 1 aliphatic rings. The van der Waals surface area contributed by atoms with Crippen molar-refractivity contribution >= 4 is 12.6 Å². The first kappa shape index (κ1) is 22.0. The van der Waals surface area contributed by atoms with E-state index in [-0.39, 0.29) is 18.9 Å². The van der Waals surface area contributed by atoms with Crippen molar-refractivity contribution in [1.82, 2.24) is 0 Å². The van der Waals surface area contributed by atoms with E-state index in [2.05, 4.69) is 12.6 Å². The average Bonchev–Trinajstić information content (AvgIpc) is 2.63. The van der Waals surface area contributed by atoms with Crippen molar-refractivity contribution in [3.63, 3.8) is 0 Å². The third-order valence-electron chi connectivity index (χ3n) is 3.31. The Morgan fingerprint density at radius 1 is 0.654 bits per heavy atom. The SMILES string of the molecule is N#C[S-].[Li+].c1ccc2c(c1)OCCCOc1ccccc1OCCCO2. The molecule has 5 nitrogen and oxygen atoms in total. The van der Waals surface area contributed by atoms with Crippen LogP contribution in [0.1, 0.15) is 12.8 Å². The van der Waals surface area contributed by atoms with Gasteiger partial charge in [0, 0.05) is 12.8 Å². The summed E-state index contributed by atoms with van der Waals surface area (Å²) in [7, 11) is 0. The number of nitriles is 1. The van der Waals surface area contributed by atoms with Crippen LogP contribution >= 0.6 is 0 Å². The Morgan fingerprint density at radius 2 is 0.885 bits per heavy atom. The summed E-state index contributed by atoms with van der Waals surface area (Å²) in [6, 6.07) is 15.5. The Balaban J connectivity index is 0.000000791. The fourth-order valence-electron chi connectivity index (χ4n) is 2.22. The number of hydrogen-bond donors (Lipinski definition) is 0. The molecule has 0 atom stereocenters. The van der Waals surface area contributed by atoms with Gasteiger partial charge in [-0.2, -0.15) is 0 Å². The molecule has 3 rings (SSSR count). The van der Waals surface area contributed by atoms with Gasteiger partial charge in [0.2, 0.25) is 0 Å². The molecule has 0 radical (unpaired) electrons. The number of nitrogens with zero attached hydrogens (tertiary/aromatic N) is 1. The van der Waals surface area contributed by atoms with E-state index >= 15 is 0 Å². The Hall–Kier alpha value is -2.05. The molecule has 7 heteroatoms. The Bertz CT molecular complexity index is 590. The summed E-state index contributed by atoms with van der Waals surface area (Å²) in [5, 5.41) is 8.47. The van der Waals surface area contributed by atoms with Crippen LogP contribution < -0.4 is 37.8 Å². The van der Waals surface area contributed by atoms with E-state index in [0.29, 0.717) is 26.4 Å². The molecule has 0 fully saturated rings. The van der Waals surface area contributed by atoms with E-state index in [0.717, 1.165) is 35.8 Å². The van der Waals surface area contributed by atoms with Crippen molar-refractivity contribution in [2.24, 2.45) is 0 Å². The van der Waals surface area contributed by atoms with Crippen LogP contribution in [0.25, 0.3) is 0 Å². The molecule has 0 unspecified atom stereocenters. The van der Waals surface area contributed by atoms with Crippen LogP contribution in [0.3, 0.4) is 0 Å². The third-order valence-corrected chi connectivity index (χ3v) is 3.31. The van der Waals surface area contributed by atoms with Gasteiger partial charge in [-0.1, -0.05) is 29.7 Å². The maximum Gasteiger partial charge on any atom is 1.00 e. The standard InChI is InChI=1S/C18H20O4.CHNS.Li/c1-2-8-16-15(7-1)19-11-5-13-21-17-9-3-4-10-18(17)22-14-6-12-20-16;2-1-3;/h1-4,7-10H,5-6,11-14H2;3H;/q;;+1/p-1. The Morgan fingerprint density at radius 3 is 1.12 bits per heavy atom. The minimum absolute atomic E-state index is 0. The van der Waals surface area contributed by atoms with Crippen LogP contribution in [-0.2, 0) is 12.6 Å². The number of fused-ring (bicyclic) bond motifs is 2. The topological polar surface area (TPSA) is 60.7 Å². The smallest absolute Gasteiger partial charge is 0.696 e. The molecule has 0 saturated heterocycles. The van der Waals surface area contributed by atoms with Crippen LogP contribution in [0.4, 0.5) is 0 Å². The van der Waals surface area contributed by atoms with Gasteiger partial charge in [0.25, 0.3) is 0 Å². The summed E-state index contributed by atoms with van der Waals surface area (Å²) in [6.07, 6.45) is 1.59. The molecule has 1 heterocycles. The second kappa shape index (κ2) is 13.2. The summed E-state index contributed by atoms with van der Waals surface area (Å²) < 4.78 is 23.1. The van der Waals surface area contributed by atoms with Crippen molar-refractivity contribution in [3.05, 3.63) is 48.5 Å². The zero-order valence-corrected chi connectivity index (χ0v) is 15.7. The fraction of sp³-hybridized carbons (Fsp3) is 0.316. The first-order valence-corrected chi connectivity index (χ1v) is 8.46. The minimum Gasteiger partial charge on any atom is -0.696 e. The molecule has 2 aromatic carbocycles. The number of rotatable bonds is 0. The summed E-state index contributed by atoms with van der Waals surface area (Å²) in [6.45, 7) is 2.35. The molecule has 26 heavy (non-hydrogen) atoms. The van der Waals surface area contributed by atoms with Gasteiger partial charge in [-0.15, -0.1) is 0 Å². The van der Waals surface area contributed by atoms with E-state index < -0.39 is 0 Å². The molecule has 0 aliphatic carbocycles. The predicted molar refractivity (Wildman–Crippen MR) is 97.1 cm³/mol. The largest absolute Gasteiger partial charge is 1.00 e. The van der Waals surface area contributed by atoms with Crippen LogP contribution in [0.5, 0.6) is 23.0 Å². The number of ether oxygens (including phenoxy) is 4. The summed E-state index contributed by atoms with van der Waals surface area (Å²) >= 11 is 3.70. The molecule has 0 spiro atoms. The van der Waals surface area contributed by atoms with Crippen LogP contribution in [0, 0.1) is 10.7 Å². The van der Waals surface area contributed by atoms with Gasteiger partial charge in [-0.3, -0.25) is 0 Å². The number of thiocyanates is 1. The molecule has 0 aromatic heterocycles. The zero-order valence-electron chi connectivity index (χ0n) is 14.8. The van der Waals surface area contributed by atoms with E-state index in [4.69, 9.17) is 24.2 Å². The Labute approximate surface area is 171 Å². The quantitative estimate of drug-likeness (QED) is 0.389. The van der Waals surface area contributed by atoms with Crippen LogP contribution in [0.15, 0.2) is 48.5 Å². The summed E-state index contributed by atoms with van der Waals surface area (Å²) in [5.41, 5.74) is 0. The third kappa shape index (κ3) is 7.45. The zero-order chi connectivity index (χ0) is 17.7. The molecule has 132 valence electrons. The van der Waals surface area contributed by atoms with Gasteiger partial charge in [0.05, 0.1) is 26.4 Å². The van der Waals surface area contributed by atoms with Gasteiger partial charge < -0.3 is 31.6 Å². The van der Waals surface area contributed by atoms with Crippen LogP contribution in [0.2, 0.25) is 0 Å². The van der Waals surface area contributed by atoms with E-state index in [9.17, 15) is 0 Å². The molecule has 0 amide bonds. The molecule has 0 N–H and O–H groups in total. The van der Waals surface area contributed by atoms with E-state index in [1.807, 2.05) is 48.5 Å². The van der Waals surface area contributed by atoms with Gasteiger partial charge in [-0.25, -0.2) is 5.26 Å². The average molecular weight is 365 g/mol. The molecule has 0 bridgehead atoms. The van der Waals surface area contributed by atoms with Crippen LogP contribution in [-0.4, -0.2) is 26.4 Å². The number of hydrogen-bond acceptors (Lipinski definition) is 6. The monoisotopic (exact) mass is 365 g/mol. The molecule has 2 aromatic rings. The summed E-state index contributed by atoms with van der Waals surface area (Å²) in [5.74, 6) is 3.11. The van der Waals surface area contributed by atoms with E-state index in [1.165, 1.54) is 5.40 Å². The van der Waals surface area contributed by atoms with Crippen molar-refractivity contribution in [2.45, 2.75) is 12.8 Å². The minimum atomic E-state index is 0. The van der Waals surface area contributed by atoms with Crippen molar-refractivity contribution in [2.75, 3.05) is 26.4 Å². The van der Waals surface area contributed by atoms with Gasteiger partial charge >= 0.3 is 18.9 Å².